The molecule has 0 bridgehead atoms. The van der Waals surface area contributed by atoms with Crippen LogP contribution in [0.5, 0.6) is 0 Å². The molecule has 0 saturated carbocycles. The third-order valence-electron chi connectivity index (χ3n) is 6.91. The topological polar surface area (TPSA) is 218 Å². The highest BCUT2D eigenvalue weighted by atomic mass is 16.3. The van der Waals surface area contributed by atoms with E-state index in [-0.39, 0.29) is 30.6 Å². The van der Waals surface area contributed by atoms with E-state index >= 15 is 0 Å². The molecule has 1 aromatic carbocycles. The van der Waals surface area contributed by atoms with Crippen molar-refractivity contribution in [2.24, 2.45) is 28.3 Å². The predicted molar refractivity (Wildman–Crippen MR) is 164 cm³/mol. The minimum Gasteiger partial charge on any atom is -0.394 e. The zero-order valence-electron chi connectivity index (χ0n) is 25.9. The molecule has 0 aliphatic rings. The molecule has 13 nitrogen and oxygen atoms in total. The van der Waals surface area contributed by atoms with Crippen LogP contribution in [0.2, 0.25) is 0 Å². The van der Waals surface area contributed by atoms with Crippen molar-refractivity contribution in [3.63, 3.8) is 0 Å². The highest BCUT2D eigenvalue weighted by Crippen LogP contribution is 2.14. The van der Waals surface area contributed by atoms with E-state index in [2.05, 4.69) is 26.3 Å². The molecule has 0 radical (unpaired) electrons. The first-order chi connectivity index (χ1) is 20.3. The summed E-state index contributed by atoms with van der Waals surface area (Å²) in [5.41, 5.74) is 11.6. The summed E-state index contributed by atoms with van der Waals surface area (Å²) in [4.78, 5) is 67.4. The largest absolute Gasteiger partial charge is 0.394 e. The number of aliphatic hydroxyl groups excluding tert-OH is 1. The fraction of sp³-hybridized carbons (Fsp3) is 0.600. The van der Waals surface area contributed by atoms with Crippen LogP contribution in [0.25, 0.3) is 0 Å². The van der Waals surface area contributed by atoms with Gasteiger partial charge in [-0.15, -0.1) is 0 Å². The standard InChI is InChI=1S/C30H49N7O6/c1-6-25(40)19(4)15-22(16-21-11-8-7-9-12-21)35-28(42)24(17-38)36-29(43)26(18(2)3)37-27(41)23(34-20(5)39)13-10-14-33-30(31)32/h7-9,11-12,18-19,22-24,26,38H,6,10,13-17H2,1-5H3,(H,34,39)(H,35,42)(H,36,43)(H,37,41)(H4,31,32,33)/t19?,22-,23+,24+,26+/m1/s1. The van der Waals surface area contributed by atoms with E-state index < -0.39 is 60.3 Å². The summed E-state index contributed by atoms with van der Waals surface area (Å²) >= 11 is 0. The van der Waals surface area contributed by atoms with E-state index in [9.17, 15) is 29.1 Å². The molecule has 5 atom stereocenters. The molecule has 4 amide bonds. The normalized spacial score (nSPS) is 14.4. The van der Waals surface area contributed by atoms with Gasteiger partial charge < -0.3 is 37.8 Å². The maximum Gasteiger partial charge on any atom is 0.245 e. The molecule has 1 aromatic rings. The van der Waals surface area contributed by atoms with Crippen molar-refractivity contribution in [3.05, 3.63) is 35.9 Å². The van der Waals surface area contributed by atoms with Crippen LogP contribution in [-0.2, 0) is 30.4 Å². The van der Waals surface area contributed by atoms with Crippen molar-refractivity contribution >= 4 is 35.4 Å². The van der Waals surface area contributed by atoms with E-state index in [0.29, 0.717) is 25.7 Å². The number of hydrogen-bond donors (Lipinski definition) is 7. The molecule has 43 heavy (non-hydrogen) atoms. The molecule has 1 rings (SSSR count). The number of rotatable bonds is 19. The van der Waals surface area contributed by atoms with Gasteiger partial charge in [-0.25, -0.2) is 0 Å². The second kappa shape index (κ2) is 19.2. The van der Waals surface area contributed by atoms with Crippen molar-refractivity contribution in [3.8, 4) is 0 Å². The molecular formula is C30H49N7O6. The maximum atomic E-state index is 13.3. The maximum absolute atomic E-state index is 13.3. The number of benzene rings is 1. The van der Waals surface area contributed by atoms with Crippen LogP contribution in [0.3, 0.4) is 0 Å². The number of aliphatic imine (C=N–C) groups is 1. The van der Waals surface area contributed by atoms with Crippen molar-refractivity contribution in [1.82, 2.24) is 21.3 Å². The Hall–Kier alpha value is -4.00. The van der Waals surface area contributed by atoms with E-state index in [4.69, 9.17) is 11.5 Å². The Morgan fingerprint density at radius 2 is 1.51 bits per heavy atom. The zero-order chi connectivity index (χ0) is 32.5. The number of amides is 4. The Morgan fingerprint density at radius 1 is 0.884 bits per heavy atom. The number of Topliss-reactive ketones (excluding diaryl/α,β-unsaturated/α-hetero) is 1. The van der Waals surface area contributed by atoms with Gasteiger partial charge in [-0.1, -0.05) is 58.0 Å². The number of nitrogens with zero attached hydrogens (tertiary/aromatic N) is 1. The van der Waals surface area contributed by atoms with Crippen LogP contribution in [0.15, 0.2) is 35.3 Å². The Labute approximate surface area is 254 Å². The van der Waals surface area contributed by atoms with Crippen molar-refractivity contribution in [1.29, 1.82) is 0 Å². The lowest BCUT2D eigenvalue weighted by Crippen LogP contribution is -2.59. The summed E-state index contributed by atoms with van der Waals surface area (Å²) in [6.07, 6.45) is 1.84. The Morgan fingerprint density at radius 3 is 2.05 bits per heavy atom. The number of guanidine groups is 1. The number of hydrogen-bond acceptors (Lipinski definition) is 7. The SMILES string of the molecule is CCC(=O)C(C)C[C@H](Cc1ccccc1)NC(=O)[C@H](CO)NC(=O)[C@@H](NC(=O)[C@H](CCCN=C(N)N)NC(C)=O)C(C)C. The molecule has 1 unspecified atom stereocenters. The van der Waals surface area contributed by atoms with E-state index in [1.165, 1.54) is 6.92 Å². The number of nitrogens with two attached hydrogens (primary N) is 2. The smallest absolute Gasteiger partial charge is 0.245 e. The Balaban J connectivity index is 2.99. The molecule has 0 heterocycles. The Bertz CT molecular complexity index is 1090. The van der Waals surface area contributed by atoms with Crippen LogP contribution >= 0.6 is 0 Å². The van der Waals surface area contributed by atoms with Gasteiger partial charge in [-0.2, -0.15) is 0 Å². The van der Waals surface area contributed by atoms with Gasteiger partial charge in [0.15, 0.2) is 5.96 Å². The quantitative estimate of drug-likeness (QED) is 0.0641. The summed E-state index contributed by atoms with van der Waals surface area (Å²) in [6.45, 7) is 7.87. The minimum atomic E-state index is -1.30. The second-order valence-corrected chi connectivity index (χ2v) is 11.0. The van der Waals surface area contributed by atoms with Crippen LogP contribution < -0.4 is 32.7 Å². The molecular weight excluding hydrogens is 554 g/mol. The fourth-order valence-electron chi connectivity index (χ4n) is 4.56. The predicted octanol–water partition coefficient (Wildman–Crippen LogP) is -0.105. The van der Waals surface area contributed by atoms with Gasteiger partial charge in [0, 0.05) is 31.8 Å². The summed E-state index contributed by atoms with van der Waals surface area (Å²) in [6, 6.07) is 5.75. The van der Waals surface area contributed by atoms with Gasteiger partial charge in [0.25, 0.3) is 0 Å². The summed E-state index contributed by atoms with van der Waals surface area (Å²) in [5.74, 6) is -3.00. The van der Waals surface area contributed by atoms with E-state index in [1.807, 2.05) is 37.3 Å². The average Bonchev–Trinajstić information content (AvgIpc) is 2.95. The summed E-state index contributed by atoms with van der Waals surface area (Å²) in [5, 5.41) is 20.7. The first kappa shape index (κ1) is 37.0. The highest BCUT2D eigenvalue weighted by molar-refractivity contribution is 5.94. The lowest BCUT2D eigenvalue weighted by molar-refractivity contribution is -0.135. The molecule has 240 valence electrons. The summed E-state index contributed by atoms with van der Waals surface area (Å²) < 4.78 is 0. The monoisotopic (exact) mass is 603 g/mol. The average molecular weight is 604 g/mol. The van der Waals surface area contributed by atoms with E-state index in [1.54, 1.807) is 20.8 Å². The zero-order valence-corrected chi connectivity index (χ0v) is 25.9. The third kappa shape index (κ3) is 14.1. The number of carbonyl (C=O) groups is 5. The molecule has 0 saturated heterocycles. The summed E-state index contributed by atoms with van der Waals surface area (Å²) in [7, 11) is 0. The fourth-order valence-corrected chi connectivity index (χ4v) is 4.56. The van der Waals surface area contributed by atoms with Gasteiger partial charge >= 0.3 is 0 Å². The molecule has 0 fully saturated rings. The van der Waals surface area contributed by atoms with Gasteiger partial charge in [0.05, 0.1) is 6.61 Å². The van der Waals surface area contributed by atoms with Crippen molar-refractivity contribution in [2.45, 2.75) is 90.9 Å². The van der Waals surface area contributed by atoms with Gasteiger partial charge in [0.2, 0.25) is 23.6 Å². The van der Waals surface area contributed by atoms with Gasteiger partial charge in [0.1, 0.15) is 23.9 Å². The van der Waals surface area contributed by atoms with Crippen LogP contribution in [-0.4, -0.2) is 77.8 Å². The Kier molecular flexibility index (Phi) is 16.6. The number of aliphatic hydroxyl groups is 1. The minimum absolute atomic E-state index is 0.0728. The number of nitrogens with one attached hydrogen (secondary N) is 4. The molecule has 13 heteroatoms. The highest BCUT2D eigenvalue weighted by Gasteiger charge is 2.32. The molecule has 9 N–H and O–H groups in total. The number of ketones is 1. The van der Waals surface area contributed by atoms with E-state index in [0.717, 1.165) is 5.56 Å². The van der Waals surface area contributed by atoms with Gasteiger partial charge in [-0.05, 0) is 37.2 Å². The second-order valence-electron chi connectivity index (χ2n) is 11.0. The van der Waals surface area contributed by atoms with Crippen LogP contribution in [0.4, 0.5) is 0 Å². The van der Waals surface area contributed by atoms with Crippen molar-refractivity contribution in [2.75, 3.05) is 13.2 Å². The molecule has 0 aliphatic heterocycles. The third-order valence-corrected chi connectivity index (χ3v) is 6.91. The van der Waals surface area contributed by atoms with Crippen LogP contribution in [0, 0.1) is 11.8 Å². The first-order valence-corrected chi connectivity index (χ1v) is 14.7. The lowest BCUT2D eigenvalue weighted by atomic mass is 9.92. The van der Waals surface area contributed by atoms with Crippen molar-refractivity contribution < 1.29 is 29.1 Å². The lowest BCUT2D eigenvalue weighted by Gasteiger charge is -2.28. The van der Waals surface area contributed by atoms with Crippen LogP contribution in [0.1, 0.15) is 65.9 Å². The molecule has 0 aromatic heterocycles. The first-order valence-electron chi connectivity index (χ1n) is 14.7. The molecule has 0 spiro atoms. The molecule has 0 aliphatic carbocycles. The van der Waals surface area contributed by atoms with Gasteiger partial charge in [-0.3, -0.25) is 29.0 Å². The number of carbonyl (C=O) groups excluding carboxylic acids is 5.